The smallest absolute Gasteiger partial charge is 0.321 e. The summed E-state index contributed by atoms with van der Waals surface area (Å²) in [5, 5.41) is -1.87. The molecule has 78 valence electrons. The molecule has 0 aromatic heterocycles. The number of hydrogen-bond donors (Lipinski definition) is 1. The van der Waals surface area contributed by atoms with Crippen LogP contribution in [-0.2, 0) is 29.3 Å². The first kappa shape index (κ1) is 10.6. The number of amides is 2. The highest BCUT2D eigenvalue weighted by molar-refractivity contribution is 7.87. The molecule has 1 saturated heterocycles. The SMILES string of the molecule is O=[13CH]ON1C(=O)CC(S(=O)(=O)O)C1=O. The Labute approximate surface area is 78.1 Å². The van der Waals surface area contributed by atoms with Crippen LogP contribution in [0.25, 0.3) is 0 Å². The molecule has 14 heavy (non-hydrogen) atoms. The molecule has 9 heteroatoms. The first-order valence-electron chi connectivity index (χ1n) is 3.31. The predicted molar refractivity (Wildman–Crippen MR) is 39.0 cm³/mol. The van der Waals surface area contributed by atoms with Crippen LogP contribution in [-0.4, -0.2) is 41.6 Å². The summed E-state index contributed by atoms with van der Waals surface area (Å²) in [7, 11) is -4.64. The van der Waals surface area contributed by atoms with E-state index in [9.17, 15) is 22.8 Å². The van der Waals surface area contributed by atoms with Gasteiger partial charge in [0.15, 0.2) is 5.25 Å². The fourth-order valence-corrected chi connectivity index (χ4v) is 1.67. The molecular weight excluding hydrogens is 219 g/mol. The molecule has 1 fully saturated rings. The largest absolute Gasteiger partial charge is 0.334 e. The normalized spacial score (nSPS) is 22.6. The molecule has 2 amide bonds. The third kappa shape index (κ3) is 1.72. The Balaban J connectivity index is 2.96. The Morgan fingerprint density at radius 2 is 2.07 bits per heavy atom. The quantitative estimate of drug-likeness (QED) is 0.257. The Kier molecular flexibility index (Phi) is 2.53. The van der Waals surface area contributed by atoms with Gasteiger partial charge in [0.2, 0.25) is 0 Å². The van der Waals surface area contributed by atoms with Gasteiger partial charge in [-0.3, -0.25) is 18.9 Å². The van der Waals surface area contributed by atoms with Gasteiger partial charge in [0, 0.05) is 0 Å². The van der Waals surface area contributed by atoms with Crippen LogP contribution in [0.5, 0.6) is 0 Å². The Morgan fingerprint density at radius 3 is 2.43 bits per heavy atom. The van der Waals surface area contributed by atoms with Crippen LogP contribution in [0.1, 0.15) is 6.42 Å². The van der Waals surface area contributed by atoms with Crippen LogP contribution >= 0.6 is 0 Å². The number of rotatable bonds is 3. The molecule has 0 aromatic carbocycles. The summed E-state index contributed by atoms with van der Waals surface area (Å²) in [5.74, 6) is -2.27. The minimum absolute atomic E-state index is 0.00539. The predicted octanol–water partition coefficient (Wildman–Crippen LogP) is -1.91. The highest BCUT2D eigenvalue weighted by atomic mass is 32.2. The minimum atomic E-state index is -4.64. The maximum absolute atomic E-state index is 11.0. The van der Waals surface area contributed by atoms with Crippen LogP contribution in [0.15, 0.2) is 0 Å². The van der Waals surface area contributed by atoms with Crippen molar-refractivity contribution in [3.63, 3.8) is 0 Å². The van der Waals surface area contributed by atoms with Gasteiger partial charge in [-0.1, -0.05) is 0 Å². The van der Waals surface area contributed by atoms with E-state index >= 15 is 0 Å². The first-order chi connectivity index (χ1) is 6.38. The molecule has 0 spiro atoms. The van der Waals surface area contributed by atoms with Crippen LogP contribution in [0.2, 0.25) is 0 Å². The van der Waals surface area contributed by atoms with Gasteiger partial charge in [0.1, 0.15) is 0 Å². The van der Waals surface area contributed by atoms with Gasteiger partial charge in [0.25, 0.3) is 21.9 Å². The number of hydrogen-bond acceptors (Lipinski definition) is 6. The van der Waals surface area contributed by atoms with E-state index in [0.29, 0.717) is 0 Å². The average Bonchev–Trinajstić information content (AvgIpc) is 2.31. The minimum Gasteiger partial charge on any atom is -0.334 e. The molecule has 1 aliphatic heterocycles. The van der Waals surface area contributed by atoms with Crippen molar-refractivity contribution >= 4 is 28.4 Å². The molecule has 1 aliphatic rings. The first-order valence-corrected chi connectivity index (χ1v) is 4.81. The second kappa shape index (κ2) is 3.35. The zero-order valence-corrected chi connectivity index (χ0v) is 7.43. The van der Waals surface area contributed by atoms with E-state index in [-0.39, 0.29) is 11.5 Å². The highest BCUT2D eigenvalue weighted by Gasteiger charge is 2.47. The molecular formula is C5H5NO7S. The second-order valence-corrected chi connectivity index (χ2v) is 4.03. The van der Waals surface area contributed by atoms with Crippen LogP contribution in [0, 0.1) is 0 Å². The summed E-state index contributed by atoms with van der Waals surface area (Å²) in [6, 6.07) is 0. The molecule has 1 unspecified atom stereocenters. The Hall–Kier alpha value is -1.48. The van der Waals surface area contributed by atoms with Crippen molar-refractivity contribution in [3.8, 4) is 0 Å². The third-order valence-electron chi connectivity index (χ3n) is 1.57. The van der Waals surface area contributed by atoms with Crippen molar-refractivity contribution < 1.29 is 32.2 Å². The van der Waals surface area contributed by atoms with E-state index in [2.05, 4.69) is 4.84 Å². The fraction of sp³-hybridized carbons (Fsp3) is 0.400. The van der Waals surface area contributed by atoms with Crippen LogP contribution in [0.3, 0.4) is 0 Å². The Bertz CT molecular complexity index is 385. The summed E-state index contributed by atoms with van der Waals surface area (Å²) < 4.78 is 29.6. The van der Waals surface area contributed by atoms with Gasteiger partial charge in [-0.15, -0.1) is 5.06 Å². The topological polar surface area (TPSA) is 118 Å². The highest BCUT2D eigenvalue weighted by Crippen LogP contribution is 2.18. The zero-order chi connectivity index (χ0) is 10.9. The lowest BCUT2D eigenvalue weighted by atomic mass is 10.4. The van der Waals surface area contributed by atoms with Gasteiger partial charge in [-0.05, 0) is 0 Å². The number of carbonyl (C=O) groups excluding carboxylic acids is 3. The lowest BCUT2D eigenvalue weighted by Crippen LogP contribution is -2.34. The van der Waals surface area contributed by atoms with E-state index < -0.39 is 33.6 Å². The molecule has 8 nitrogen and oxygen atoms in total. The molecule has 0 saturated carbocycles. The molecule has 1 rings (SSSR count). The van der Waals surface area contributed by atoms with Crippen LogP contribution < -0.4 is 0 Å². The monoisotopic (exact) mass is 224 g/mol. The van der Waals surface area contributed by atoms with Crippen molar-refractivity contribution in [2.45, 2.75) is 11.7 Å². The molecule has 1 heterocycles. The zero-order valence-electron chi connectivity index (χ0n) is 6.61. The van der Waals surface area contributed by atoms with Crippen molar-refractivity contribution in [3.05, 3.63) is 0 Å². The standard InChI is InChI=1S/C5H5NO7S/c7-2-13-6-4(8)1-3(5(6)9)14(10,11)12/h2-3H,1H2,(H,10,11,12)/i2+1. The van der Waals surface area contributed by atoms with Crippen molar-refractivity contribution in [1.29, 1.82) is 0 Å². The van der Waals surface area contributed by atoms with E-state index in [1.165, 1.54) is 0 Å². The van der Waals surface area contributed by atoms with Gasteiger partial charge >= 0.3 is 6.47 Å². The average molecular weight is 224 g/mol. The van der Waals surface area contributed by atoms with Crippen molar-refractivity contribution in [2.75, 3.05) is 0 Å². The fourth-order valence-electron chi connectivity index (χ4n) is 0.969. The van der Waals surface area contributed by atoms with E-state index in [1.54, 1.807) is 0 Å². The lowest BCUT2D eigenvalue weighted by molar-refractivity contribution is -0.187. The summed E-state index contributed by atoms with van der Waals surface area (Å²) in [5.41, 5.74) is 0. The van der Waals surface area contributed by atoms with Gasteiger partial charge < -0.3 is 4.84 Å². The van der Waals surface area contributed by atoms with Gasteiger partial charge in [-0.2, -0.15) is 8.42 Å². The molecule has 0 radical (unpaired) electrons. The second-order valence-electron chi connectivity index (χ2n) is 2.44. The van der Waals surface area contributed by atoms with E-state index in [4.69, 9.17) is 4.55 Å². The molecule has 0 aromatic rings. The Morgan fingerprint density at radius 1 is 1.50 bits per heavy atom. The van der Waals surface area contributed by atoms with Crippen LogP contribution in [0.4, 0.5) is 0 Å². The lowest BCUT2D eigenvalue weighted by Gasteiger charge is -2.08. The van der Waals surface area contributed by atoms with E-state index in [1.807, 2.05) is 0 Å². The van der Waals surface area contributed by atoms with Gasteiger partial charge in [-0.25, -0.2) is 0 Å². The maximum Gasteiger partial charge on any atom is 0.321 e. The number of imide groups is 1. The van der Waals surface area contributed by atoms with E-state index in [0.717, 1.165) is 0 Å². The molecule has 1 N–H and O–H groups in total. The molecule has 0 bridgehead atoms. The summed E-state index contributed by atoms with van der Waals surface area (Å²) in [6.45, 7) is -0.192. The summed E-state index contributed by atoms with van der Waals surface area (Å²) in [4.78, 5) is 35.7. The molecule has 1 atom stereocenters. The maximum atomic E-state index is 11.0. The van der Waals surface area contributed by atoms with Gasteiger partial charge in [0.05, 0.1) is 6.42 Å². The molecule has 0 aliphatic carbocycles. The number of carbonyl (C=O) groups is 3. The third-order valence-corrected chi connectivity index (χ3v) is 2.66. The number of hydroxylamine groups is 2. The number of nitrogens with zero attached hydrogens (tertiary/aromatic N) is 1. The summed E-state index contributed by atoms with van der Waals surface area (Å²) >= 11 is 0. The van der Waals surface area contributed by atoms with Crippen molar-refractivity contribution in [2.24, 2.45) is 0 Å². The van der Waals surface area contributed by atoms with Crippen molar-refractivity contribution in [1.82, 2.24) is 5.06 Å². The summed E-state index contributed by atoms with van der Waals surface area (Å²) in [6.07, 6.45) is -0.731.